The average molecular weight is 359 g/mol. The molecule has 0 aromatic heterocycles. The van der Waals surface area contributed by atoms with Crippen LogP contribution >= 0.6 is 0 Å². The van der Waals surface area contributed by atoms with Crippen LogP contribution in [0.2, 0.25) is 0 Å². The lowest BCUT2D eigenvalue weighted by molar-refractivity contribution is -0.137. The third kappa shape index (κ3) is 8.49. The lowest BCUT2D eigenvalue weighted by Gasteiger charge is -2.05. The number of aliphatic carboxylic acids is 2. The molecule has 0 saturated carbocycles. The topological polar surface area (TPSA) is 140 Å². The van der Waals surface area contributed by atoms with Crippen molar-refractivity contribution < 1.29 is 24.6 Å². The summed E-state index contributed by atoms with van der Waals surface area (Å²) in [5, 5.41) is 31.7. The summed E-state index contributed by atoms with van der Waals surface area (Å²) in [6.45, 7) is 0.362. The molecule has 8 nitrogen and oxygen atoms in total. The molecule has 0 fully saturated rings. The Bertz CT molecular complexity index is 705. The summed E-state index contributed by atoms with van der Waals surface area (Å²) in [5.41, 5.74) is 1.17. The first-order valence-corrected chi connectivity index (χ1v) is 8.10. The minimum atomic E-state index is -0.919. The lowest BCUT2D eigenvalue weighted by Crippen LogP contribution is -2.26. The Morgan fingerprint density at radius 1 is 1.04 bits per heavy atom. The van der Waals surface area contributed by atoms with E-state index in [9.17, 15) is 14.4 Å². The van der Waals surface area contributed by atoms with Crippen LogP contribution in [0.1, 0.15) is 31.2 Å². The summed E-state index contributed by atoms with van der Waals surface area (Å²) in [7, 11) is 0. The fourth-order valence-corrected chi connectivity index (χ4v) is 2.07. The zero-order valence-corrected chi connectivity index (χ0v) is 14.2. The lowest BCUT2D eigenvalue weighted by atomic mass is 10.1. The molecule has 0 radical (unpaired) electrons. The SMILES string of the molecule is N#C/C(=C/Nc1ccc(CC(=O)O)cc1)C(=O)NCCCCCC(=O)O. The van der Waals surface area contributed by atoms with E-state index in [-0.39, 0.29) is 18.4 Å². The van der Waals surface area contributed by atoms with Crippen LogP contribution in [0.25, 0.3) is 0 Å². The van der Waals surface area contributed by atoms with Gasteiger partial charge < -0.3 is 20.8 Å². The maximum Gasteiger partial charge on any atom is 0.307 e. The van der Waals surface area contributed by atoms with Crippen LogP contribution in [0.3, 0.4) is 0 Å². The molecule has 0 bridgehead atoms. The number of carbonyl (C=O) groups is 3. The number of rotatable bonds is 11. The summed E-state index contributed by atoms with van der Waals surface area (Å²) in [5.74, 6) is -2.27. The van der Waals surface area contributed by atoms with E-state index in [0.717, 1.165) is 0 Å². The minimum absolute atomic E-state index is 0.0750. The number of nitrogens with one attached hydrogen (secondary N) is 2. The fraction of sp³-hybridized carbons (Fsp3) is 0.333. The van der Waals surface area contributed by atoms with E-state index >= 15 is 0 Å². The molecule has 0 atom stereocenters. The molecular formula is C18H21N3O5. The Kier molecular flexibility index (Phi) is 8.96. The maximum atomic E-state index is 11.9. The minimum Gasteiger partial charge on any atom is -0.481 e. The van der Waals surface area contributed by atoms with Crippen molar-refractivity contribution in [3.05, 3.63) is 41.6 Å². The molecule has 0 unspecified atom stereocenters. The number of amides is 1. The van der Waals surface area contributed by atoms with E-state index in [1.165, 1.54) is 6.20 Å². The van der Waals surface area contributed by atoms with Crippen molar-refractivity contribution >= 4 is 23.5 Å². The third-order valence-corrected chi connectivity index (χ3v) is 3.41. The molecule has 138 valence electrons. The van der Waals surface area contributed by atoms with Gasteiger partial charge in [0.2, 0.25) is 0 Å². The van der Waals surface area contributed by atoms with Gasteiger partial charge in [-0.05, 0) is 30.5 Å². The van der Waals surface area contributed by atoms with Gasteiger partial charge >= 0.3 is 11.9 Å². The van der Waals surface area contributed by atoms with Crippen LogP contribution < -0.4 is 10.6 Å². The molecule has 1 aromatic rings. The Hall–Kier alpha value is -3.34. The molecule has 4 N–H and O–H groups in total. The normalized spacial score (nSPS) is 10.7. The molecular weight excluding hydrogens is 338 g/mol. The highest BCUT2D eigenvalue weighted by atomic mass is 16.4. The molecule has 1 amide bonds. The zero-order chi connectivity index (χ0) is 19.4. The Morgan fingerprint density at radius 3 is 2.31 bits per heavy atom. The van der Waals surface area contributed by atoms with E-state index in [2.05, 4.69) is 10.6 Å². The van der Waals surface area contributed by atoms with Crippen molar-refractivity contribution in [3.8, 4) is 6.07 Å². The molecule has 0 spiro atoms. The Labute approximate surface area is 151 Å². The number of carboxylic acids is 2. The molecule has 0 saturated heterocycles. The van der Waals surface area contributed by atoms with Gasteiger partial charge in [-0.3, -0.25) is 14.4 Å². The van der Waals surface area contributed by atoms with Crippen LogP contribution in [0, 0.1) is 11.3 Å². The second-order valence-electron chi connectivity index (χ2n) is 5.54. The van der Waals surface area contributed by atoms with E-state index < -0.39 is 17.8 Å². The van der Waals surface area contributed by atoms with Gasteiger partial charge in [0.25, 0.3) is 5.91 Å². The van der Waals surface area contributed by atoms with Gasteiger partial charge in [0.05, 0.1) is 6.42 Å². The number of carboxylic acid groups (broad SMARTS) is 2. The van der Waals surface area contributed by atoms with E-state index in [4.69, 9.17) is 15.5 Å². The van der Waals surface area contributed by atoms with Gasteiger partial charge in [-0.25, -0.2) is 0 Å². The Balaban J connectivity index is 2.44. The molecule has 0 heterocycles. The second-order valence-corrected chi connectivity index (χ2v) is 5.54. The zero-order valence-electron chi connectivity index (χ0n) is 14.2. The number of benzene rings is 1. The molecule has 26 heavy (non-hydrogen) atoms. The number of nitriles is 1. The van der Waals surface area contributed by atoms with Gasteiger partial charge in [-0.15, -0.1) is 0 Å². The maximum absolute atomic E-state index is 11.9. The number of unbranched alkanes of at least 4 members (excludes halogenated alkanes) is 2. The van der Waals surface area contributed by atoms with Crippen molar-refractivity contribution in [2.45, 2.75) is 32.1 Å². The van der Waals surface area contributed by atoms with Crippen LogP contribution in [0.15, 0.2) is 36.0 Å². The van der Waals surface area contributed by atoms with Crippen molar-refractivity contribution in [1.82, 2.24) is 5.32 Å². The molecule has 1 aromatic carbocycles. The van der Waals surface area contributed by atoms with E-state index in [0.29, 0.717) is 37.1 Å². The van der Waals surface area contributed by atoms with Crippen molar-refractivity contribution in [2.24, 2.45) is 0 Å². The summed E-state index contributed by atoms with van der Waals surface area (Å²) in [4.78, 5) is 32.9. The monoisotopic (exact) mass is 359 g/mol. The molecule has 0 aliphatic rings. The number of nitrogens with zero attached hydrogens (tertiary/aromatic N) is 1. The Morgan fingerprint density at radius 2 is 1.73 bits per heavy atom. The van der Waals surface area contributed by atoms with Crippen LogP contribution in [-0.2, 0) is 20.8 Å². The van der Waals surface area contributed by atoms with Gasteiger partial charge in [0.1, 0.15) is 11.6 Å². The fourth-order valence-electron chi connectivity index (χ4n) is 2.07. The van der Waals surface area contributed by atoms with Crippen molar-refractivity contribution in [3.63, 3.8) is 0 Å². The number of hydrogen-bond donors (Lipinski definition) is 4. The summed E-state index contributed by atoms with van der Waals surface area (Å²) >= 11 is 0. The van der Waals surface area contributed by atoms with E-state index in [1.54, 1.807) is 24.3 Å². The first kappa shape index (κ1) is 20.7. The molecule has 0 aliphatic heterocycles. The average Bonchev–Trinajstić information content (AvgIpc) is 2.59. The van der Waals surface area contributed by atoms with Crippen molar-refractivity contribution in [2.75, 3.05) is 11.9 Å². The summed E-state index contributed by atoms with van der Waals surface area (Å²) in [6.07, 6.45) is 3.17. The summed E-state index contributed by atoms with van der Waals surface area (Å²) in [6, 6.07) is 8.41. The first-order chi connectivity index (χ1) is 12.4. The first-order valence-electron chi connectivity index (χ1n) is 8.10. The predicted molar refractivity (Wildman–Crippen MR) is 94.2 cm³/mol. The van der Waals surface area contributed by atoms with Gasteiger partial charge in [0.15, 0.2) is 0 Å². The van der Waals surface area contributed by atoms with Crippen LogP contribution in [0.4, 0.5) is 5.69 Å². The highest BCUT2D eigenvalue weighted by Crippen LogP contribution is 2.11. The number of carbonyl (C=O) groups excluding carboxylic acids is 1. The number of anilines is 1. The molecule has 8 heteroatoms. The van der Waals surface area contributed by atoms with Gasteiger partial charge in [0, 0.05) is 24.9 Å². The molecule has 1 rings (SSSR count). The van der Waals surface area contributed by atoms with E-state index in [1.807, 2.05) is 6.07 Å². The second kappa shape index (κ2) is 11.3. The third-order valence-electron chi connectivity index (χ3n) is 3.41. The number of hydrogen-bond acceptors (Lipinski definition) is 5. The predicted octanol–water partition coefficient (Wildman–Crippen LogP) is 1.89. The standard InChI is InChI=1S/C18H21N3O5/c19-11-14(18(26)20-9-3-1-2-4-16(22)23)12-21-15-7-5-13(6-8-15)10-17(24)25/h5-8,12,21H,1-4,9-10H2,(H,20,26)(H,22,23)(H,24,25)/b14-12-. The van der Waals surface area contributed by atoms with Gasteiger partial charge in [-0.2, -0.15) is 5.26 Å². The van der Waals surface area contributed by atoms with Gasteiger partial charge in [-0.1, -0.05) is 18.6 Å². The molecule has 0 aliphatic carbocycles. The quantitative estimate of drug-likeness (QED) is 0.269. The largest absolute Gasteiger partial charge is 0.481 e. The smallest absolute Gasteiger partial charge is 0.307 e. The highest BCUT2D eigenvalue weighted by Gasteiger charge is 2.08. The van der Waals surface area contributed by atoms with Crippen LogP contribution in [0.5, 0.6) is 0 Å². The van der Waals surface area contributed by atoms with Crippen molar-refractivity contribution in [1.29, 1.82) is 5.26 Å². The highest BCUT2D eigenvalue weighted by molar-refractivity contribution is 5.97. The van der Waals surface area contributed by atoms with Crippen LogP contribution in [-0.4, -0.2) is 34.6 Å². The summed E-state index contributed by atoms with van der Waals surface area (Å²) < 4.78 is 0.